The predicted molar refractivity (Wildman–Crippen MR) is 547 cm³/mol. The van der Waals surface area contributed by atoms with Crippen LogP contribution in [0.2, 0.25) is 0 Å². The minimum atomic E-state index is 1.06. The third kappa shape index (κ3) is 15.4. The molecule has 20 aromatic carbocycles. The zero-order chi connectivity index (χ0) is 83.5. The molecule has 0 bridgehead atoms. The van der Waals surface area contributed by atoms with E-state index < -0.39 is 0 Å². The maximum atomic E-state index is 4.01. The maximum absolute atomic E-state index is 4.01. The van der Waals surface area contributed by atoms with E-state index in [1.807, 2.05) is 58.3 Å². The van der Waals surface area contributed by atoms with Crippen molar-refractivity contribution >= 4 is 235 Å². The van der Waals surface area contributed by atoms with E-state index >= 15 is 0 Å². The van der Waals surface area contributed by atoms with E-state index in [0.29, 0.717) is 0 Å². The van der Waals surface area contributed by atoms with E-state index in [1.165, 1.54) is 115 Å². The Morgan fingerprint density at radius 1 is 0.208 bits per heavy atom. The summed E-state index contributed by atoms with van der Waals surface area (Å²) in [5.74, 6) is 0. The van der Waals surface area contributed by atoms with Gasteiger partial charge < -0.3 is 30.7 Å². The van der Waals surface area contributed by atoms with Gasteiger partial charge in [0, 0.05) is 156 Å². The van der Waals surface area contributed by atoms with Gasteiger partial charge >= 0.3 is 0 Å². The lowest BCUT2D eigenvalue weighted by Crippen LogP contribution is -2.11. The number of hydrogen-bond acceptors (Lipinski definition) is 9. The molecule has 9 heteroatoms. The van der Waals surface area contributed by atoms with Crippen molar-refractivity contribution in [2.75, 3.05) is 30.7 Å². The molecule has 0 saturated carbocycles. The van der Waals surface area contributed by atoms with Gasteiger partial charge in [-0.1, -0.05) is 292 Å². The van der Waals surface area contributed by atoms with Crippen LogP contribution >= 0.6 is 34.0 Å². The van der Waals surface area contributed by atoms with Crippen LogP contribution in [-0.2, 0) is 0 Å². The van der Waals surface area contributed by atoms with Crippen LogP contribution in [0.4, 0.5) is 85.3 Å². The molecule has 0 spiro atoms. The summed E-state index contributed by atoms with van der Waals surface area (Å²) in [7, 11) is 0. The van der Waals surface area contributed by atoms with Gasteiger partial charge in [0.15, 0.2) is 0 Å². The largest absolute Gasteiger partial charge is 0.355 e. The van der Waals surface area contributed by atoms with Crippen LogP contribution in [0.25, 0.3) is 127 Å². The minimum absolute atomic E-state index is 1.06. The van der Waals surface area contributed by atoms with Crippen LogP contribution in [0.1, 0.15) is 11.1 Å². The fourth-order valence-corrected chi connectivity index (χ4v) is 20.9. The molecule has 0 atom stereocenters. The molecule has 0 saturated heterocycles. The Labute approximate surface area is 738 Å². The fourth-order valence-electron chi connectivity index (χ4n) is 17.4. The molecule has 6 nitrogen and oxygen atoms in total. The first-order chi connectivity index (χ1) is 61.8. The quantitative estimate of drug-likeness (QED) is 0.0745. The summed E-state index contributed by atoms with van der Waals surface area (Å²) in [5, 5.41) is 28.4. The zero-order valence-electron chi connectivity index (χ0n) is 68.3. The highest BCUT2D eigenvalue weighted by atomic mass is 32.1. The first-order valence-corrected chi connectivity index (χ1v) is 44.5. The van der Waals surface area contributed by atoms with Gasteiger partial charge in [0.05, 0.1) is 11.4 Å². The molecule has 0 fully saturated rings. The van der Waals surface area contributed by atoms with Crippen LogP contribution in [-0.4, -0.2) is 0 Å². The number of fused-ring (bicyclic) bond motifs is 16. The number of rotatable bonds is 18. The Morgan fingerprint density at radius 3 is 1.17 bits per heavy atom. The van der Waals surface area contributed by atoms with E-state index in [4.69, 9.17) is 0 Å². The van der Waals surface area contributed by atoms with E-state index in [9.17, 15) is 0 Å². The first kappa shape index (κ1) is 76.8. The molecule has 594 valence electrons. The SMILES string of the molecule is C=Cc1ccc(Nc2ccc3c(c2)sc2c4ccccc4c(N(c4ccc(C=C)cc4)c4cc5ccccc5c5ccccc45)cc32)cc1.c1ccc(-c2ccc(Nc3ccc4c(c3)sc3ccc(N(c5ccccc5)c5ccccc5)cc34)cc2)cc1.c1ccc(Nc2cc3sc4ccc(N(c5ccccc5)c5ccccc5)cc4c3c3ccccc23)cc1. The third-order valence-electron chi connectivity index (χ3n) is 23.3. The molecule has 0 aliphatic rings. The van der Waals surface area contributed by atoms with Gasteiger partial charge in [-0.05, 0) is 220 Å². The highest BCUT2D eigenvalue weighted by Gasteiger charge is 2.24. The van der Waals surface area contributed by atoms with Crippen molar-refractivity contribution in [1.82, 2.24) is 0 Å². The standard InChI is InChI=1S/C46H32N2S.C36H26N2S.C34H24N2S/c1-3-30-17-21-33(22-18-30)47-34-23-26-40-42-29-44(39-15-9-10-16-41(39)46(42)49-45(40)28-34)48(35-24-19-31(4-2)20-25-35)43-27-32-11-5-6-12-36(32)37-13-7-8-14-38(37)43;1-4-10-26(11-5-1)27-16-18-28(19-17-27)37-29-20-22-33-34-25-32(21-23-35(34)39-36(33)24-29)38(30-12-6-2-7-13-30)31-14-8-3-9-15-31;1-4-12-24(13-5-1)35-31-23-33-34(29-19-11-10-18-28(29)31)30-22-27(20-21-32(30)37-33)36(25-14-6-2-7-15-25)26-16-8-3-9-17-26/h3-29,47H,1-2H2;1-25,37H;1-23,35H. The topological polar surface area (TPSA) is 45.8 Å². The van der Waals surface area contributed by atoms with Gasteiger partial charge in [0.25, 0.3) is 0 Å². The number of thiophene rings is 3. The van der Waals surface area contributed by atoms with Gasteiger partial charge in [-0.2, -0.15) is 0 Å². The summed E-state index contributed by atoms with van der Waals surface area (Å²) < 4.78 is 7.70. The molecule has 0 aliphatic heterocycles. The van der Waals surface area contributed by atoms with Crippen LogP contribution in [0.3, 0.4) is 0 Å². The number of nitrogens with one attached hydrogen (secondary N) is 3. The number of benzene rings is 20. The Bertz CT molecular complexity index is 7820. The van der Waals surface area contributed by atoms with Crippen molar-refractivity contribution in [3.8, 4) is 11.1 Å². The summed E-state index contributed by atoms with van der Waals surface area (Å²) in [6.45, 7) is 7.89. The molecule has 125 heavy (non-hydrogen) atoms. The molecule has 0 unspecified atom stereocenters. The maximum Gasteiger partial charge on any atom is 0.0547 e. The summed E-state index contributed by atoms with van der Waals surface area (Å²) in [6, 6.07) is 158. The molecule has 23 aromatic rings. The van der Waals surface area contributed by atoms with Gasteiger partial charge in [-0.15, -0.1) is 34.0 Å². The summed E-state index contributed by atoms with van der Waals surface area (Å²) in [4.78, 5) is 7.10. The summed E-state index contributed by atoms with van der Waals surface area (Å²) in [5.41, 5.74) is 21.5. The van der Waals surface area contributed by atoms with E-state index in [0.717, 1.165) is 96.4 Å². The minimum Gasteiger partial charge on any atom is -0.355 e. The van der Waals surface area contributed by atoms with E-state index in [-0.39, 0.29) is 0 Å². The lowest BCUT2D eigenvalue weighted by atomic mass is 9.97. The Balaban J connectivity index is 0.000000116. The van der Waals surface area contributed by atoms with Crippen LogP contribution in [0.15, 0.2) is 456 Å². The van der Waals surface area contributed by atoms with Gasteiger partial charge in [0.1, 0.15) is 0 Å². The van der Waals surface area contributed by atoms with Crippen molar-refractivity contribution in [3.05, 3.63) is 467 Å². The van der Waals surface area contributed by atoms with Crippen molar-refractivity contribution in [1.29, 1.82) is 0 Å². The second-order valence-corrected chi connectivity index (χ2v) is 34.3. The van der Waals surface area contributed by atoms with Gasteiger partial charge in [-0.3, -0.25) is 0 Å². The van der Waals surface area contributed by atoms with E-state index in [1.54, 1.807) is 0 Å². The molecule has 0 radical (unpaired) electrons. The second-order valence-electron chi connectivity index (χ2n) is 31.1. The van der Waals surface area contributed by atoms with Gasteiger partial charge in [0.2, 0.25) is 0 Å². The molecule has 23 rings (SSSR count). The highest BCUT2D eigenvalue weighted by molar-refractivity contribution is 7.27. The lowest BCUT2D eigenvalue weighted by Gasteiger charge is -2.29. The molecule has 3 heterocycles. The molecule has 3 aromatic heterocycles. The second kappa shape index (κ2) is 34.1. The molecule has 0 aliphatic carbocycles. The Kier molecular flexibility index (Phi) is 21.0. The smallest absolute Gasteiger partial charge is 0.0547 e. The molecular weight excluding hydrogens is 1570 g/mol. The van der Waals surface area contributed by atoms with E-state index in [2.05, 4.69) is 475 Å². The van der Waals surface area contributed by atoms with Crippen LogP contribution in [0, 0.1) is 0 Å². The van der Waals surface area contributed by atoms with Crippen LogP contribution < -0.4 is 30.7 Å². The normalized spacial score (nSPS) is 11.3. The number of nitrogens with zero attached hydrogens (tertiary/aromatic N) is 3. The van der Waals surface area contributed by atoms with Crippen LogP contribution in [0.5, 0.6) is 0 Å². The van der Waals surface area contributed by atoms with Crippen molar-refractivity contribution in [2.24, 2.45) is 0 Å². The van der Waals surface area contributed by atoms with Crippen molar-refractivity contribution < 1.29 is 0 Å². The fraction of sp³-hybridized carbons (Fsp3) is 0. The average Bonchev–Trinajstić information content (AvgIpc) is 1.70. The van der Waals surface area contributed by atoms with Gasteiger partial charge in [-0.25, -0.2) is 0 Å². The van der Waals surface area contributed by atoms with Crippen molar-refractivity contribution in [2.45, 2.75) is 0 Å². The van der Waals surface area contributed by atoms with Crippen molar-refractivity contribution in [3.63, 3.8) is 0 Å². The lowest BCUT2D eigenvalue weighted by molar-refractivity contribution is 1.29. The summed E-state index contributed by atoms with van der Waals surface area (Å²) >= 11 is 5.55. The molecule has 3 N–H and O–H groups in total. The molecule has 0 amide bonds. The summed E-state index contributed by atoms with van der Waals surface area (Å²) in [6.07, 6.45) is 3.77. The number of hydrogen-bond donors (Lipinski definition) is 3. The highest BCUT2D eigenvalue weighted by Crippen LogP contribution is 2.51. The number of para-hydroxylation sites is 5. The molecular formula is C116H82N6S3. The Hall–Kier alpha value is -15.6. The predicted octanol–water partition coefficient (Wildman–Crippen LogP) is 35.4. The average molecular weight is 1660 g/mol. The first-order valence-electron chi connectivity index (χ1n) is 42.1. The Morgan fingerprint density at radius 2 is 0.600 bits per heavy atom. The third-order valence-corrected chi connectivity index (χ3v) is 26.8. The number of anilines is 15. The zero-order valence-corrected chi connectivity index (χ0v) is 70.7. The monoisotopic (exact) mass is 1650 g/mol.